The number of halogens is 5. The van der Waals surface area contributed by atoms with Crippen LogP contribution in [0.1, 0.15) is 22.6 Å². The zero-order valence-electron chi connectivity index (χ0n) is 18.2. The van der Waals surface area contributed by atoms with Crippen LogP contribution < -0.4 is 0 Å². The van der Waals surface area contributed by atoms with E-state index < -0.39 is 59.2 Å². The van der Waals surface area contributed by atoms with Crippen molar-refractivity contribution in [3.05, 3.63) is 94.3 Å². The normalized spacial score (nSPS) is 13.2. The molecule has 0 fully saturated rings. The summed E-state index contributed by atoms with van der Waals surface area (Å²) in [5.41, 5.74) is 2.40. The molecule has 0 aromatic heterocycles. The van der Waals surface area contributed by atoms with Gasteiger partial charge in [-0.15, -0.1) is 0 Å². The number of hydrogen-bond acceptors (Lipinski definition) is 3. The van der Waals surface area contributed by atoms with E-state index in [1.165, 1.54) is 0 Å². The van der Waals surface area contributed by atoms with E-state index in [1.54, 1.807) is 0 Å². The van der Waals surface area contributed by atoms with Crippen LogP contribution in [0.4, 0.5) is 26.7 Å². The van der Waals surface area contributed by atoms with Crippen molar-refractivity contribution < 1.29 is 41.4 Å². The van der Waals surface area contributed by atoms with E-state index in [0.717, 1.165) is 29.3 Å². The minimum Gasteiger partial charge on any atom is -0.480 e. The Kier molecular flexibility index (Phi) is 6.47. The highest BCUT2D eigenvalue weighted by molar-refractivity contribution is 5.81. The Morgan fingerprint density at radius 2 is 1.31 bits per heavy atom. The lowest BCUT2D eigenvalue weighted by atomic mass is 9.98. The van der Waals surface area contributed by atoms with Gasteiger partial charge >= 0.3 is 12.1 Å². The number of likely N-dealkylation sites (N-methyl/N-ethyl adjacent to an activating group) is 1. The molecule has 3 aromatic rings. The van der Waals surface area contributed by atoms with Crippen LogP contribution in [0, 0.1) is 29.1 Å². The molecule has 35 heavy (non-hydrogen) atoms. The molecule has 10 heteroatoms. The summed E-state index contributed by atoms with van der Waals surface area (Å²) < 4.78 is 73.9. The van der Waals surface area contributed by atoms with Crippen LogP contribution in [-0.2, 0) is 16.0 Å². The van der Waals surface area contributed by atoms with Crippen molar-refractivity contribution in [1.29, 1.82) is 0 Å². The minimum atomic E-state index is -2.36. The van der Waals surface area contributed by atoms with Crippen LogP contribution in [0.25, 0.3) is 11.1 Å². The molecule has 1 N–H and O–H groups in total. The van der Waals surface area contributed by atoms with E-state index in [1.807, 2.05) is 48.5 Å². The molecule has 182 valence electrons. The van der Waals surface area contributed by atoms with E-state index in [4.69, 9.17) is 4.74 Å². The van der Waals surface area contributed by atoms with Crippen molar-refractivity contribution in [3.8, 4) is 11.1 Å². The van der Waals surface area contributed by atoms with Gasteiger partial charge in [-0.25, -0.2) is 31.5 Å². The number of ether oxygens (including phenoxy) is 1. The van der Waals surface area contributed by atoms with Crippen molar-refractivity contribution in [1.82, 2.24) is 4.90 Å². The van der Waals surface area contributed by atoms with Crippen LogP contribution in [0.3, 0.4) is 0 Å². The Balaban J connectivity index is 1.54. The fourth-order valence-electron chi connectivity index (χ4n) is 4.24. The molecule has 5 nitrogen and oxygen atoms in total. The second-order valence-electron chi connectivity index (χ2n) is 8.02. The Morgan fingerprint density at radius 3 is 1.80 bits per heavy atom. The van der Waals surface area contributed by atoms with Crippen LogP contribution in [0.5, 0.6) is 0 Å². The zero-order valence-corrected chi connectivity index (χ0v) is 18.2. The average molecular weight is 491 g/mol. The van der Waals surface area contributed by atoms with Crippen molar-refractivity contribution in [2.24, 2.45) is 0 Å². The van der Waals surface area contributed by atoms with E-state index in [9.17, 15) is 36.6 Å². The van der Waals surface area contributed by atoms with Gasteiger partial charge in [0.2, 0.25) is 5.82 Å². The third-order valence-corrected chi connectivity index (χ3v) is 6.07. The van der Waals surface area contributed by atoms with Crippen LogP contribution in [0.2, 0.25) is 0 Å². The summed E-state index contributed by atoms with van der Waals surface area (Å²) in [7, 11) is 1.00. The molecule has 0 spiro atoms. The van der Waals surface area contributed by atoms with Crippen LogP contribution in [0.15, 0.2) is 48.5 Å². The van der Waals surface area contributed by atoms with E-state index in [0.29, 0.717) is 4.90 Å². The third kappa shape index (κ3) is 4.20. The molecule has 0 heterocycles. The molecule has 0 saturated heterocycles. The van der Waals surface area contributed by atoms with Gasteiger partial charge in [0.15, 0.2) is 23.3 Å². The molecule has 0 unspecified atom stereocenters. The first-order chi connectivity index (χ1) is 16.6. The summed E-state index contributed by atoms with van der Waals surface area (Å²) in [5.74, 6) is -13.1. The van der Waals surface area contributed by atoms with Gasteiger partial charge in [0.1, 0.15) is 12.6 Å². The lowest BCUT2D eigenvalue weighted by Gasteiger charge is -2.25. The average Bonchev–Trinajstić information content (AvgIpc) is 3.18. The lowest BCUT2D eigenvalue weighted by molar-refractivity contribution is -0.142. The number of carbonyl (C=O) groups excluding carboxylic acids is 1. The molecule has 4 rings (SSSR count). The first-order valence-corrected chi connectivity index (χ1v) is 10.4. The molecule has 0 bridgehead atoms. The maximum absolute atomic E-state index is 14.1. The number of amides is 1. The molecule has 0 saturated carbocycles. The second kappa shape index (κ2) is 9.36. The Hall–Kier alpha value is -3.95. The van der Waals surface area contributed by atoms with Crippen LogP contribution in [-0.4, -0.2) is 41.8 Å². The summed E-state index contributed by atoms with van der Waals surface area (Å²) in [6, 6.07) is 13.0. The van der Waals surface area contributed by atoms with E-state index in [2.05, 4.69) is 0 Å². The van der Waals surface area contributed by atoms with Crippen molar-refractivity contribution >= 4 is 12.1 Å². The van der Waals surface area contributed by atoms with Gasteiger partial charge in [-0.3, -0.25) is 4.90 Å². The second-order valence-corrected chi connectivity index (χ2v) is 8.02. The van der Waals surface area contributed by atoms with Gasteiger partial charge in [0.25, 0.3) is 0 Å². The van der Waals surface area contributed by atoms with Gasteiger partial charge in [0, 0.05) is 24.9 Å². The summed E-state index contributed by atoms with van der Waals surface area (Å²) in [4.78, 5) is 25.0. The summed E-state index contributed by atoms with van der Waals surface area (Å²) in [5, 5.41) is 9.51. The molecular weight excluding hydrogens is 473 g/mol. The maximum Gasteiger partial charge on any atom is 0.410 e. The number of nitrogens with zero attached hydrogens (tertiary/aromatic N) is 1. The first-order valence-electron chi connectivity index (χ1n) is 10.4. The predicted molar refractivity (Wildman–Crippen MR) is 114 cm³/mol. The number of hydrogen-bond donors (Lipinski definition) is 1. The van der Waals surface area contributed by atoms with Gasteiger partial charge in [-0.1, -0.05) is 48.5 Å². The largest absolute Gasteiger partial charge is 0.480 e. The van der Waals surface area contributed by atoms with Crippen molar-refractivity contribution in [2.75, 3.05) is 13.7 Å². The van der Waals surface area contributed by atoms with E-state index >= 15 is 0 Å². The summed E-state index contributed by atoms with van der Waals surface area (Å²) in [6.07, 6.45) is -2.30. The topological polar surface area (TPSA) is 66.8 Å². The molecule has 1 aliphatic carbocycles. The minimum absolute atomic E-state index is 0.161. The highest BCUT2D eigenvalue weighted by Crippen LogP contribution is 2.44. The SMILES string of the molecule is CN(C(=O)OCC1c2ccccc2-c2ccccc21)[C@H](Cc1c(F)c(F)c(F)c(F)c1F)C(=O)O. The molecule has 1 aliphatic rings. The fourth-order valence-corrected chi connectivity index (χ4v) is 4.24. The number of carbonyl (C=O) groups is 2. The predicted octanol–water partition coefficient (Wildman–Crippen LogP) is 5.26. The third-order valence-electron chi connectivity index (χ3n) is 6.07. The zero-order chi connectivity index (χ0) is 25.4. The van der Waals surface area contributed by atoms with Crippen molar-refractivity contribution in [2.45, 2.75) is 18.4 Å². The van der Waals surface area contributed by atoms with Crippen LogP contribution >= 0.6 is 0 Å². The van der Waals surface area contributed by atoms with Gasteiger partial charge in [-0.05, 0) is 22.3 Å². The number of aliphatic carboxylic acids is 1. The summed E-state index contributed by atoms with van der Waals surface area (Å²) in [6.45, 7) is -0.161. The first kappa shape index (κ1) is 24.2. The molecule has 1 amide bonds. The lowest BCUT2D eigenvalue weighted by Crippen LogP contribution is -2.44. The van der Waals surface area contributed by atoms with Gasteiger partial charge < -0.3 is 9.84 Å². The van der Waals surface area contributed by atoms with Crippen molar-refractivity contribution in [3.63, 3.8) is 0 Å². The monoisotopic (exact) mass is 491 g/mol. The molecular formula is C25H18F5NO4. The standard InChI is InChI=1S/C25H18F5NO4/c1-31(18(24(32)33)10-16-19(26)21(28)23(30)22(29)20(16)27)25(34)35-11-17-14-8-4-2-6-12(14)13-7-3-5-9-15(13)17/h2-9,17-18H,10-11H2,1H3,(H,32,33)/t18-/m1/s1. The van der Waals surface area contributed by atoms with Gasteiger partial charge in [-0.2, -0.15) is 0 Å². The fraction of sp³-hybridized carbons (Fsp3) is 0.200. The highest BCUT2D eigenvalue weighted by Gasteiger charge is 2.35. The number of rotatable bonds is 6. The highest BCUT2D eigenvalue weighted by atomic mass is 19.2. The maximum atomic E-state index is 14.1. The number of fused-ring (bicyclic) bond motifs is 3. The Bertz CT molecular complexity index is 1250. The van der Waals surface area contributed by atoms with E-state index in [-0.39, 0.29) is 12.5 Å². The molecule has 1 atom stereocenters. The number of carboxylic acid groups (broad SMARTS) is 1. The summed E-state index contributed by atoms with van der Waals surface area (Å²) >= 11 is 0. The molecule has 3 aromatic carbocycles. The molecule has 0 aliphatic heterocycles. The quantitative estimate of drug-likeness (QED) is 0.290. The number of benzene rings is 3. The molecule has 0 radical (unpaired) electrons. The van der Waals surface area contributed by atoms with Gasteiger partial charge in [0.05, 0.1) is 0 Å². The smallest absolute Gasteiger partial charge is 0.410 e. The Morgan fingerprint density at radius 1 is 0.857 bits per heavy atom. The number of carboxylic acids is 1. The Labute approximate surface area is 196 Å².